The quantitative estimate of drug-likeness (QED) is 0.577. The van der Waals surface area contributed by atoms with Crippen molar-refractivity contribution in [1.82, 2.24) is 0 Å². The van der Waals surface area contributed by atoms with Crippen LogP contribution in [0.5, 0.6) is 0 Å². The second-order valence-corrected chi connectivity index (χ2v) is 2.77. The van der Waals surface area contributed by atoms with Gasteiger partial charge in [-0.25, -0.2) is 0 Å². The van der Waals surface area contributed by atoms with Crippen LogP contribution in [-0.4, -0.2) is 25.8 Å². The van der Waals surface area contributed by atoms with Gasteiger partial charge in [0.25, 0.3) is 0 Å². The van der Waals surface area contributed by atoms with Crippen molar-refractivity contribution in [3.63, 3.8) is 0 Å². The van der Waals surface area contributed by atoms with E-state index in [1.807, 2.05) is 6.92 Å². The van der Waals surface area contributed by atoms with Gasteiger partial charge in [-0.15, -0.1) is 0 Å². The Kier molecular flexibility index (Phi) is 5.58. The maximum atomic E-state index is 5.65. The zero-order chi connectivity index (χ0) is 7.98. The summed E-state index contributed by atoms with van der Waals surface area (Å²) in [6.07, 6.45) is 1.93. The maximum absolute atomic E-state index is 5.65. The summed E-state index contributed by atoms with van der Waals surface area (Å²) in [6.45, 7) is 2.62. The van der Waals surface area contributed by atoms with E-state index in [-0.39, 0.29) is 12.1 Å². The molecule has 0 saturated carbocycles. The molecule has 1 unspecified atom stereocenters. The molecule has 0 amide bonds. The minimum Gasteiger partial charge on any atom is -0.383 e. The normalized spacial score (nSPS) is 16.8. The molecule has 0 aromatic rings. The molecule has 0 aromatic carbocycles. The molecule has 0 radical (unpaired) electrons. The number of hydrogen-bond acceptors (Lipinski definition) is 3. The van der Waals surface area contributed by atoms with Gasteiger partial charge in [0.1, 0.15) is 0 Å². The summed E-state index contributed by atoms with van der Waals surface area (Å²) in [5.41, 5.74) is 11.2. The van der Waals surface area contributed by atoms with Crippen LogP contribution in [0.3, 0.4) is 0 Å². The van der Waals surface area contributed by atoms with Crippen molar-refractivity contribution in [2.75, 3.05) is 13.7 Å². The zero-order valence-electron chi connectivity index (χ0n) is 6.84. The van der Waals surface area contributed by atoms with Crippen molar-refractivity contribution in [2.45, 2.75) is 31.8 Å². The summed E-state index contributed by atoms with van der Waals surface area (Å²) < 4.78 is 4.87. The van der Waals surface area contributed by atoms with Crippen LogP contribution in [0.4, 0.5) is 0 Å². The van der Waals surface area contributed by atoms with Crippen molar-refractivity contribution < 1.29 is 4.74 Å². The lowest BCUT2D eigenvalue weighted by Crippen LogP contribution is -2.28. The summed E-state index contributed by atoms with van der Waals surface area (Å²) in [5, 5.41) is 0. The van der Waals surface area contributed by atoms with Crippen molar-refractivity contribution in [3.8, 4) is 0 Å². The average Bonchev–Trinajstić information content (AvgIpc) is 1.85. The van der Waals surface area contributed by atoms with Crippen LogP contribution in [0, 0.1) is 0 Å². The monoisotopic (exact) mass is 146 g/mol. The van der Waals surface area contributed by atoms with Crippen molar-refractivity contribution in [2.24, 2.45) is 11.5 Å². The molecule has 0 heterocycles. The molecule has 0 rings (SSSR count). The fourth-order valence-corrected chi connectivity index (χ4v) is 0.774. The first-order chi connectivity index (χ1) is 4.66. The van der Waals surface area contributed by atoms with Gasteiger partial charge in [-0.2, -0.15) is 0 Å². The molecule has 10 heavy (non-hydrogen) atoms. The van der Waals surface area contributed by atoms with E-state index in [1.165, 1.54) is 0 Å². The summed E-state index contributed by atoms with van der Waals surface area (Å²) in [6, 6.07) is 0.402. The van der Waals surface area contributed by atoms with Gasteiger partial charge in [-0.05, 0) is 19.8 Å². The zero-order valence-corrected chi connectivity index (χ0v) is 6.84. The SMILES string of the molecule is COCC(N)CC[C@H](C)N. The molecule has 2 atom stereocenters. The lowest BCUT2D eigenvalue weighted by molar-refractivity contribution is 0.175. The summed E-state index contributed by atoms with van der Waals surface area (Å²) in [5.74, 6) is 0. The van der Waals surface area contributed by atoms with Gasteiger partial charge in [0.15, 0.2) is 0 Å². The predicted molar refractivity (Wildman–Crippen MR) is 42.7 cm³/mol. The number of hydrogen-bond donors (Lipinski definition) is 2. The summed E-state index contributed by atoms with van der Waals surface area (Å²) in [4.78, 5) is 0. The first-order valence-corrected chi connectivity index (χ1v) is 3.67. The van der Waals surface area contributed by atoms with Crippen LogP contribution < -0.4 is 11.5 Å². The van der Waals surface area contributed by atoms with Gasteiger partial charge < -0.3 is 16.2 Å². The standard InChI is InChI=1S/C7H18N2O/c1-6(8)3-4-7(9)5-10-2/h6-7H,3-5,8-9H2,1-2H3/t6-,7?/m0/s1. The van der Waals surface area contributed by atoms with E-state index in [0.29, 0.717) is 6.61 Å². The molecule has 3 heteroatoms. The van der Waals surface area contributed by atoms with Crippen LogP contribution in [0.25, 0.3) is 0 Å². The Morgan fingerprint density at radius 2 is 1.90 bits per heavy atom. The molecule has 4 N–H and O–H groups in total. The second kappa shape index (κ2) is 5.65. The number of methoxy groups -OCH3 is 1. The van der Waals surface area contributed by atoms with Crippen LogP contribution >= 0.6 is 0 Å². The number of rotatable bonds is 5. The highest BCUT2D eigenvalue weighted by Gasteiger charge is 2.02. The summed E-state index contributed by atoms with van der Waals surface area (Å²) in [7, 11) is 1.66. The average molecular weight is 146 g/mol. The van der Waals surface area contributed by atoms with Gasteiger partial charge in [0, 0.05) is 19.2 Å². The minimum atomic E-state index is 0.149. The Balaban J connectivity index is 3.12. The first kappa shape index (κ1) is 9.88. The molecule has 0 bridgehead atoms. The molecule has 0 saturated heterocycles. The molecule has 0 spiro atoms. The predicted octanol–water partition coefficient (Wildman–Crippen LogP) is 0.0875. The third kappa shape index (κ3) is 6.01. The Morgan fingerprint density at radius 1 is 1.30 bits per heavy atom. The van der Waals surface area contributed by atoms with Gasteiger partial charge >= 0.3 is 0 Å². The second-order valence-electron chi connectivity index (χ2n) is 2.77. The molecule has 62 valence electrons. The molecule has 0 aliphatic rings. The van der Waals surface area contributed by atoms with Crippen LogP contribution in [0.2, 0.25) is 0 Å². The smallest absolute Gasteiger partial charge is 0.0613 e. The molecular formula is C7H18N2O. The molecule has 3 nitrogen and oxygen atoms in total. The van der Waals surface area contributed by atoms with E-state index >= 15 is 0 Å². The fraction of sp³-hybridized carbons (Fsp3) is 1.00. The van der Waals surface area contributed by atoms with Crippen LogP contribution in [0.1, 0.15) is 19.8 Å². The van der Waals surface area contributed by atoms with E-state index in [2.05, 4.69) is 0 Å². The highest BCUT2D eigenvalue weighted by Crippen LogP contribution is 1.97. The molecular weight excluding hydrogens is 128 g/mol. The third-order valence-corrected chi connectivity index (χ3v) is 1.37. The van der Waals surface area contributed by atoms with Gasteiger partial charge in [-0.3, -0.25) is 0 Å². The minimum absolute atomic E-state index is 0.149. The van der Waals surface area contributed by atoms with E-state index < -0.39 is 0 Å². The lowest BCUT2D eigenvalue weighted by Gasteiger charge is -2.11. The highest BCUT2D eigenvalue weighted by molar-refractivity contribution is 4.63. The van der Waals surface area contributed by atoms with Crippen molar-refractivity contribution in [1.29, 1.82) is 0 Å². The van der Waals surface area contributed by atoms with Gasteiger partial charge in [-0.1, -0.05) is 0 Å². The molecule has 0 aromatic heterocycles. The Hall–Kier alpha value is -0.120. The Morgan fingerprint density at radius 3 is 2.30 bits per heavy atom. The summed E-state index contributed by atoms with van der Waals surface area (Å²) >= 11 is 0. The largest absolute Gasteiger partial charge is 0.383 e. The van der Waals surface area contributed by atoms with E-state index in [0.717, 1.165) is 12.8 Å². The van der Waals surface area contributed by atoms with Crippen molar-refractivity contribution in [3.05, 3.63) is 0 Å². The van der Waals surface area contributed by atoms with E-state index in [1.54, 1.807) is 7.11 Å². The molecule has 0 aliphatic heterocycles. The van der Waals surface area contributed by atoms with Crippen molar-refractivity contribution >= 4 is 0 Å². The van der Waals surface area contributed by atoms with E-state index in [4.69, 9.17) is 16.2 Å². The van der Waals surface area contributed by atoms with E-state index in [9.17, 15) is 0 Å². The first-order valence-electron chi connectivity index (χ1n) is 3.67. The van der Waals surface area contributed by atoms with Crippen LogP contribution in [0.15, 0.2) is 0 Å². The topological polar surface area (TPSA) is 61.3 Å². The Labute approximate surface area is 62.7 Å². The van der Waals surface area contributed by atoms with Crippen LogP contribution in [-0.2, 0) is 4.74 Å². The number of ether oxygens (including phenoxy) is 1. The third-order valence-electron chi connectivity index (χ3n) is 1.37. The van der Waals surface area contributed by atoms with Gasteiger partial charge in [0.2, 0.25) is 0 Å². The number of nitrogens with two attached hydrogens (primary N) is 2. The maximum Gasteiger partial charge on any atom is 0.0613 e. The lowest BCUT2D eigenvalue weighted by atomic mass is 10.1. The van der Waals surface area contributed by atoms with Gasteiger partial charge in [0.05, 0.1) is 6.61 Å². The molecule has 0 aliphatic carbocycles. The Bertz CT molecular complexity index is 76.0. The highest BCUT2D eigenvalue weighted by atomic mass is 16.5. The molecule has 0 fully saturated rings. The fourth-order valence-electron chi connectivity index (χ4n) is 0.774.